The fourth-order valence-electron chi connectivity index (χ4n) is 1.78. The van der Waals surface area contributed by atoms with Crippen LogP contribution in [0.15, 0.2) is 22.7 Å². The Morgan fingerprint density at radius 2 is 2.15 bits per heavy atom. The lowest BCUT2D eigenvalue weighted by atomic mass is 10.3. The normalized spacial score (nSPS) is 12.2. The molecule has 0 aliphatic carbocycles. The number of halogens is 1. The SMILES string of the molecule is Cc1c(Cl)cnc2nc(-c3ccc(P(=O)(O)O)o3)[nH]c12. The van der Waals surface area contributed by atoms with Crippen LogP contribution in [-0.2, 0) is 4.57 Å². The van der Waals surface area contributed by atoms with Crippen molar-refractivity contribution in [3.05, 3.63) is 28.9 Å². The molecule has 0 saturated carbocycles. The molecule has 0 aliphatic heterocycles. The standard InChI is InChI=1S/C11H9ClN3O4P/c1-5-6(12)4-13-11-9(5)14-10(15-11)7-2-3-8(19-7)20(16,17)18/h2-4H,1H3,(H,13,14,15)(H2,16,17,18). The molecule has 3 rings (SSSR count). The van der Waals surface area contributed by atoms with Crippen molar-refractivity contribution in [2.24, 2.45) is 0 Å². The highest BCUT2D eigenvalue weighted by atomic mass is 35.5. The van der Waals surface area contributed by atoms with Crippen molar-refractivity contribution >= 4 is 35.9 Å². The molecule has 3 aromatic rings. The van der Waals surface area contributed by atoms with Gasteiger partial charge in [0, 0.05) is 6.20 Å². The molecule has 3 N–H and O–H groups in total. The molecule has 20 heavy (non-hydrogen) atoms. The van der Waals surface area contributed by atoms with Crippen molar-refractivity contribution in [2.75, 3.05) is 0 Å². The van der Waals surface area contributed by atoms with Gasteiger partial charge in [0.15, 0.2) is 17.2 Å². The number of hydrogen-bond donors (Lipinski definition) is 3. The van der Waals surface area contributed by atoms with Gasteiger partial charge < -0.3 is 19.2 Å². The van der Waals surface area contributed by atoms with Crippen LogP contribution in [0.4, 0.5) is 0 Å². The average molecular weight is 314 g/mol. The largest absolute Gasteiger partial charge is 0.445 e. The number of aryl methyl sites for hydroxylation is 1. The first kappa shape index (κ1) is 13.3. The molecule has 0 aromatic carbocycles. The third-order valence-corrected chi connectivity index (χ3v) is 4.03. The van der Waals surface area contributed by atoms with E-state index in [1.807, 2.05) is 6.92 Å². The molecule has 104 valence electrons. The van der Waals surface area contributed by atoms with Crippen LogP contribution in [0.3, 0.4) is 0 Å². The van der Waals surface area contributed by atoms with Crippen LogP contribution in [0.5, 0.6) is 0 Å². The Labute approximate surface area is 117 Å². The van der Waals surface area contributed by atoms with Gasteiger partial charge in [0.25, 0.3) is 0 Å². The van der Waals surface area contributed by atoms with Crippen LogP contribution in [-0.4, -0.2) is 24.7 Å². The maximum absolute atomic E-state index is 11.1. The zero-order valence-electron chi connectivity index (χ0n) is 10.2. The van der Waals surface area contributed by atoms with E-state index < -0.39 is 13.1 Å². The predicted octanol–water partition coefficient (Wildman–Crippen LogP) is 1.98. The molecule has 0 aliphatic rings. The Balaban J connectivity index is 2.13. The number of fused-ring (bicyclic) bond motifs is 1. The average Bonchev–Trinajstić information content (AvgIpc) is 2.99. The summed E-state index contributed by atoms with van der Waals surface area (Å²) in [7, 11) is -4.41. The van der Waals surface area contributed by atoms with Crippen molar-refractivity contribution in [3.63, 3.8) is 0 Å². The molecule has 9 heteroatoms. The second kappa shape index (κ2) is 4.43. The smallest absolute Gasteiger partial charge is 0.391 e. The number of aromatic amines is 1. The molecule has 3 aromatic heterocycles. The second-order valence-corrected chi connectivity index (χ2v) is 6.13. The van der Waals surface area contributed by atoms with Crippen LogP contribution in [0.1, 0.15) is 5.56 Å². The second-order valence-electron chi connectivity index (χ2n) is 4.20. The van der Waals surface area contributed by atoms with E-state index >= 15 is 0 Å². The molecular formula is C11H9ClN3O4P. The maximum Gasteiger partial charge on any atom is 0.391 e. The third-order valence-electron chi connectivity index (χ3n) is 2.83. The van der Waals surface area contributed by atoms with Crippen LogP contribution < -0.4 is 5.50 Å². The van der Waals surface area contributed by atoms with Crippen molar-refractivity contribution in [2.45, 2.75) is 6.92 Å². The number of rotatable bonds is 2. The Bertz CT molecular complexity index is 851. The number of pyridine rings is 1. The van der Waals surface area contributed by atoms with Crippen LogP contribution in [0.2, 0.25) is 5.02 Å². The van der Waals surface area contributed by atoms with Gasteiger partial charge in [0.2, 0.25) is 5.50 Å². The lowest BCUT2D eigenvalue weighted by molar-refractivity contribution is 0.377. The Hall–Kier alpha value is -1.66. The minimum Gasteiger partial charge on any atom is -0.445 e. The monoisotopic (exact) mass is 313 g/mol. The summed E-state index contributed by atoms with van der Waals surface area (Å²) >= 11 is 5.97. The van der Waals surface area contributed by atoms with Gasteiger partial charge in [0.05, 0.1) is 10.5 Å². The summed E-state index contributed by atoms with van der Waals surface area (Å²) in [6.07, 6.45) is 1.49. The van der Waals surface area contributed by atoms with Gasteiger partial charge in [-0.3, -0.25) is 4.57 Å². The number of nitrogens with zero attached hydrogens (tertiary/aromatic N) is 2. The van der Waals surface area contributed by atoms with Gasteiger partial charge in [0.1, 0.15) is 0 Å². The number of imidazole rings is 1. The van der Waals surface area contributed by atoms with E-state index in [4.69, 9.17) is 25.8 Å². The fourth-order valence-corrected chi connectivity index (χ4v) is 2.41. The van der Waals surface area contributed by atoms with Crippen LogP contribution in [0.25, 0.3) is 22.7 Å². The molecule has 0 atom stereocenters. The molecule has 0 amide bonds. The Kier molecular flexibility index (Phi) is 2.95. The molecule has 7 nitrogen and oxygen atoms in total. The molecule has 0 fully saturated rings. The highest BCUT2D eigenvalue weighted by Gasteiger charge is 2.23. The van der Waals surface area contributed by atoms with Crippen LogP contribution in [0, 0.1) is 6.92 Å². The molecule has 0 saturated heterocycles. The highest BCUT2D eigenvalue weighted by Crippen LogP contribution is 2.35. The van der Waals surface area contributed by atoms with Gasteiger partial charge in [-0.05, 0) is 24.6 Å². The van der Waals surface area contributed by atoms with E-state index in [1.54, 1.807) is 0 Å². The summed E-state index contributed by atoms with van der Waals surface area (Å²) in [5, 5.41) is 0.503. The van der Waals surface area contributed by atoms with Gasteiger partial charge >= 0.3 is 7.60 Å². The van der Waals surface area contributed by atoms with E-state index in [9.17, 15) is 4.57 Å². The molecule has 0 radical (unpaired) electrons. The molecular weight excluding hydrogens is 305 g/mol. The van der Waals surface area contributed by atoms with E-state index in [-0.39, 0.29) is 5.76 Å². The summed E-state index contributed by atoms with van der Waals surface area (Å²) in [5.41, 5.74) is 1.49. The first-order valence-electron chi connectivity index (χ1n) is 5.53. The Morgan fingerprint density at radius 1 is 1.40 bits per heavy atom. The zero-order chi connectivity index (χ0) is 14.5. The quantitative estimate of drug-likeness (QED) is 0.624. The van der Waals surface area contributed by atoms with Crippen molar-refractivity contribution in [3.8, 4) is 11.6 Å². The summed E-state index contributed by atoms with van der Waals surface area (Å²) in [6.45, 7) is 1.82. The first-order valence-corrected chi connectivity index (χ1v) is 7.52. The molecule has 3 heterocycles. The van der Waals surface area contributed by atoms with Crippen molar-refractivity contribution in [1.29, 1.82) is 0 Å². The van der Waals surface area contributed by atoms with E-state index in [2.05, 4.69) is 15.0 Å². The summed E-state index contributed by atoms with van der Waals surface area (Å²) < 4.78 is 16.2. The topological polar surface area (TPSA) is 112 Å². The van der Waals surface area contributed by atoms with Crippen molar-refractivity contribution in [1.82, 2.24) is 15.0 Å². The third kappa shape index (κ3) is 2.14. The van der Waals surface area contributed by atoms with Gasteiger partial charge in [-0.1, -0.05) is 11.6 Å². The number of hydrogen-bond acceptors (Lipinski definition) is 4. The van der Waals surface area contributed by atoms with E-state index in [0.717, 1.165) is 5.56 Å². The van der Waals surface area contributed by atoms with Gasteiger partial charge in [-0.2, -0.15) is 0 Å². The minimum atomic E-state index is -4.41. The molecule has 0 unspecified atom stereocenters. The number of H-pyrrole nitrogens is 1. The van der Waals surface area contributed by atoms with Crippen LogP contribution >= 0.6 is 19.2 Å². The fraction of sp³-hybridized carbons (Fsp3) is 0.0909. The number of furan rings is 1. The lowest BCUT2D eigenvalue weighted by Gasteiger charge is -1.97. The molecule has 0 spiro atoms. The first-order chi connectivity index (χ1) is 9.36. The number of nitrogens with one attached hydrogen (secondary N) is 1. The Morgan fingerprint density at radius 3 is 2.80 bits per heavy atom. The summed E-state index contributed by atoms with van der Waals surface area (Å²) in [5.74, 6) is 0.550. The van der Waals surface area contributed by atoms with Gasteiger partial charge in [-0.15, -0.1) is 0 Å². The summed E-state index contributed by atoms with van der Waals surface area (Å²) in [4.78, 5) is 29.3. The summed E-state index contributed by atoms with van der Waals surface area (Å²) in [6, 6.07) is 2.65. The number of aromatic nitrogens is 3. The highest BCUT2D eigenvalue weighted by molar-refractivity contribution is 7.59. The van der Waals surface area contributed by atoms with E-state index in [1.165, 1.54) is 18.3 Å². The minimum absolute atomic E-state index is 0.219. The van der Waals surface area contributed by atoms with E-state index in [0.29, 0.717) is 22.0 Å². The van der Waals surface area contributed by atoms with Crippen molar-refractivity contribution < 1.29 is 18.8 Å². The lowest BCUT2D eigenvalue weighted by Crippen LogP contribution is -1.98. The van der Waals surface area contributed by atoms with Gasteiger partial charge in [-0.25, -0.2) is 9.97 Å². The zero-order valence-corrected chi connectivity index (χ0v) is 11.8. The predicted molar refractivity (Wildman–Crippen MR) is 73.0 cm³/mol. The maximum atomic E-state index is 11.1. The molecule has 0 bridgehead atoms.